The maximum atomic E-state index is 12.7. The molecule has 0 fully saturated rings. The van der Waals surface area contributed by atoms with E-state index in [1.807, 2.05) is 30.3 Å². The second-order valence-corrected chi connectivity index (χ2v) is 6.49. The van der Waals surface area contributed by atoms with Gasteiger partial charge in [-0.05, 0) is 24.3 Å². The number of carbonyl (C=O) groups is 1. The van der Waals surface area contributed by atoms with Crippen LogP contribution in [0.5, 0.6) is 17.2 Å². The maximum Gasteiger partial charge on any atom is 0.276 e. The highest BCUT2D eigenvalue weighted by molar-refractivity contribution is 6.32. The van der Waals surface area contributed by atoms with E-state index in [1.165, 1.54) is 37.1 Å². The van der Waals surface area contributed by atoms with Crippen molar-refractivity contribution in [2.24, 2.45) is 0 Å². The number of ether oxygens (including phenoxy) is 3. The number of aromatic nitrogens is 2. The first-order valence-corrected chi connectivity index (χ1v) is 9.38. The molecule has 0 aliphatic rings. The van der Waals surface area contributed by atoms with Crippen molar-refractivity contribution in [2.75, 3.05) is 26.1 Å². The fraction of sp³-hybridized carbons (Fsp3) is 0.190. The topological polar surface area (TPSA) is 91.7 Å². The van der Waals surface area contributed by atoms with Gasteiger partial charge in [-0.15, -0.1) is 0 Å². The number of carbonyl (C=O) groups excluding carboxylic acids is 1. The quantitative estimate of drug-likeness (QED) is 0.591. The van der Waals surface area contributed by atoms with Crippen molar-refractivity contribution in [3.05, 3.63) is 75.7 Å². The largest absolute Gasteiger partial charge is 0.495 e. The summed E-state index contributed by atoms with van der Waals surface area (Å²) < 4.78 is 17.2. The molecule has 3 aromatic rings. The second kappa shape index (κ2) is 9.80. The lowest BCUT2D eigenvalue weighted by molar-refractivity contribution is 0.101. The predicted molar refractivity (Wildman–Crippen MR) is 113 cm³/mol. The van der Waals surface area contributed by atoms with Crippen LogP contribution in [0.25, 0.3) is 0 Å². The molecule has 8 nitrogen and oxygen atoms in total. The van der Waals surface area contributed by atoms with E-state index in [9.17, 15) is 9.59 Å². The lowest BCUT2D eigenvalue weighted by Gasteiger charge is -2.13. The lowest BCUT2D eigenvalue weighted by Crippen LogP contribution is -2.28. The third-order valence-electron chi connectivity index (χ3n) is 4.14. The molecule has 0 radical (unpaired) electrons. The van der Waals surface area contributed by atoms with Crippen LogP contribution < -0.4 is 25.1 Å². The number of amides is 1. The first-order chi connectivity index (χ1) is 14.5. The number of rotatable bonds is 8. The Balaban J connectivity index is 1.73. The van der Waals surface area contributed by atoms with Gasteiger partial charge in [-0.25, -0.2) is 4.68 Å². The van der Waals surface area contributed by atoms with Gasteiger partial charge < -0.3 is 19.5 Å². The van der Waals surface area contributed by atoms with E-state index >= 15 is 0 Å². The molecule has 1 amide bonds. The normalized spacial score (nSPS) is 10.4. The molecule has 0 aliphatic heterocycles. The summed E-state index contributed by atoms with van der Waals surface area (Å²) in [4.78, 5) is 24.7. The van der Waals surface area contributed by atoms with E-state index in [0.29, 0.717) is 28.0 Å². The number of nitrogens with one attached hydrogen (secondary N) is 1. The summed E-state index contributed by atoms with van der Waals surface area (Å²) in [5, 5.41) is 7.12. The summed E-state index contributed by atoms with van der Waals surface area (Å²) in [6, 6.07) is 14.9. The van der Waals surface area contributed by atoms with Gasteiger partial charge in [0.15, 0.2) is 0 Å². The number of benzene rings is 2. The van der Waals surface area contributed by atoms with E-state index in [2.05, 4.69) is 10.4 Å². The molecule has 0 spiro atoms. The molecule has 0 saturated carbocycles. The van der Waals surface area contributed by atoms with E-state index in [0.717, 1.165) is 0 Å². The fourth-order valence-corrected chi connectivity index (χ4v) is 2.88. The average Bonchev–Trinajstić information content (AvgIpc) is 2.76. The Hall–Kier alpha value is -3.52. The molecule has 1 heterocycles. The Kier molecular flexibility index (Phi) is 6.92. The number of hydrogen-bond donors (Lipinski definition) is 1. The Labute approximate surface area is 178 Å². The van der Waals surface area contributed by atoms with Gasteiger partial charge in [0.05, 0.1) is 31.5 Å². The Morgan fingerprint density at radius 3 is 2.50 bits per heavy atom. The van der Waals surface area contributed by atoms with E-state index in [-0.39, 0.29) is 24.4 Å². The zero-order valence-corrected chi connectivity index (χ0v) is 17.2. The molecule has 3 rings (SSSR count). The molecular formula is C21H20ClN3O5. The van der Waals surface area contributed by atoms with Gasteiger partial charge in [0.2, 0.25) is 0 Å². The maximum absolute atomic E-state index is 12.7. The highest BCUT2D eigenvalue weighted by atomic mass is 35.5. The van der Waals surface area contributed by atoms with Crippen LogP contribution in [-0.4, -0.2) is 36.5 Å². The highest BCUT2D eigenvalue weighted by Crippen LogP contribution is 2.36. The zero-order chi connectivity index (χ0) is 21.5. The Morgan fingerprint density at radius 1 is 1.07 bits per heavy atom. The number of nitrogens with zero attached hydrogens (tertiary/aromatic N) is 2. The summed E-state index contributed by atoms with van der Waals surface area (Å²) in [6.07, 6.45) is 0. The van der Waals surface area contributed by atoms with Crippen molar-refractivity contribution in [1.82, 2.24) is 9.78 Å². The number of hydrogen-bond acceptors (Lipinski definition) is 6. The smallest absolute Gasteiger partial charge is 0.276 e. The first kappa shape index (κ1) is 21.2. The van der Waals surface area contributed by atoms with Crippen LogP contribution in [0.3, 0.4) is 0 Å². The third-order valence-corrected chi connectivity index (χ3v) is 4.43. The van der Waals surface area contributed by atoms with Crippen molar-refractivity contribution in [1.29, 1.82) is 0 Å². The average molecular weight is 430 g/mol. The van der Waals surface area contributed by atoms with Gasteiger partial charge in [-0.2, -0.15) is 5.10 Å². The van der Waals surface area contributed by atoms with Gasteiger partial charge in [-0.3, -0.25) is 9.59 Å². The zero-order valence-electron chi connectivity index (χ0n) is 16.4. The van der Waals surface area contributed by atoms with Crippen LogP contribution in [0.4, 0.5) is 5.69 Å². The number of anilines is 1. The SMILES string of the molecule is COc1cc(OC)c(NC(=O)c2ccc(=O)n(CCOc3ccccc3)n2)cc1Cl. The molecular weight excluding hydrogens is 410 g/mol. The monoisotopic (exact) mass is 429 g/mol. The minimum absolute atomic E-state index is 0.0586. The van der Waals surface area contributed by atoms with E-state index in [4.69, 9.17) is 25.8 Å². The Morgan fingerprint density at radius 2 is 1.80 bits per heavy atom. The van der Waals surface area contributed by atoms with Crippen LogP contribution in [0.15, 0.2) is 59.4 Å². The summed E-state index contributed by atoms with van der Waals surface area (Å²) in [5.74, 6) is 0.945. The molecule has 0 saturated heterocycles. The molecule has 0 atom stereocenters. The molecule has 156 valence electrons. The van der Waals surface area contributed by atoms with Crippen molar-refractivity contribution < 1.29 is 19.0 Å². The standard InChI is InChI=1S/C21H20ClN3O5/c1-28-18-13-19(29-2)17(12-15(18)22)23-21(27)16-8-9-20(26)25(24-16)10-11-30-14-6-4-3-5-7-14/h3-9,12-13H,10-11H2,1-2H3,(H,23,27). The van der Waals surface area contributed by atoms with E-state index < -0.39 is 5.91 Å². The third kappa shape index (κ3) is 5.09. The minimum atomic E-state index is -0.521. The minimum Gasteiger partial charge on any atom is -0.495 e. The summed E-state index contributed by atoms with van der Waals surface area (Å²) >= 11 is 6.13. The van der Waals surface area contributed by atoms with Crippen molar-refractivity contribution in [3.63, 3.8) is 0 Å². The molecule has 1 aromatic heterocycles. The molecule has 2 aromatic carbocycles. The summed E-state index contributed by atoms with van der Waals surface area (Å²) in [5.41, 5.74) is 0.0665. The van der Waals surface area contributed by atoms with Gasteiger partial charge in [-0.1, -0.05) is 29.8 Å². The van der Waals surface area contributed by atoms with Crippen LogP contribution in [0.2, 0.25) is 5.02 Å². The summed E-state index contributed by atoms with van der Waals surface area (Å²) in [7, 11) is 2.94. The molecule has 9 heteroatoms. The van der Waals surface area contributed by atoms with Crippen molar-refractivity contribution >= 4 is 23.2 Å². The van der Waals surface area contributed by atoms with Crippen molar-refractivity contribution in [2.45, 2.75) is 6.54 Å². The lowest BCUT2D eigenvalue weighted by atomic mass is 10.2. The summed E-state index contributed by atoms with van der Waals surface area (Å²) in [6.45, 7) is 0.413. The number of methoxy groups -OCH3 is 2. The van der Waals surface area contributed by atoms with Crippen LogP contribution in [0.1, 0.15) is 10.5 Å². The van der Waals surface area contributed by atoms with Crippen LogP contribution in [-0.2, 0) is 6.54 Å². The number of para-hydroxylation sites is 1. The molecule has 0 unspecified atom stereocenters. The van der Waals surface area contributed by atoms with Gasteiger partial charge in [0.1, 0.15) is 29.5 Å². The fourth-order valence-electron chi connectivity index (χ4n) is 2.64. The first-order valence-electron chi connectivity index (χ1n) is 9.00. The van der Waals surface area contributed by atoms with Gasteiger partial charge in [0.25, 0.3) is 11.5 Å². The van der Waals surface area contributed by atoms with E-state index in [1.54, 1.807) is 6.07 Å². The van der Waals surface area contributed by atoms with Crippen molar-refractivity contribution in [3.8, 4) is 17.2 Å². The highest BCUT2D eigenvalue weighted by Gasteiger charge is 2.15. The number of halogens is 1. The second-order valence-electron chi connectivity index (χ2n) is 6.08. The Bertz CT molecular complexity index is 1090. The van der Waals surface area contributed by atoms with Crippen LogP contribution >= 0.6 is 11.6 Å². The molecule has 1 N–H and O–H groups in total. The van der Waals surface area contributed by atoms with Gasteiger partial charge in [0, 0.05) is 12.1 Å². The van der Waals surface area contributed by atoms with Crippen LogP contribution in [0, 0.1) is 0 Å². The molecule has 0 aliphatic carbocycles. The predicted octanol–water partition coefficient (Wildman–Crippen LogP) is 3.25. The molecule has 0 bridgehead atoms. The molecule has 30 heavy (non-hydrogen) atoms. The van der Waals surface area contributed by atoms with Gasteiger partial charge >= 0.3 is 0 Å².